The molecule has 19 heavy (non-hydrogen) atoms. The molecule has 0 aliphatic carbocycles. The molecule has 1 aromatic carbocycles. The average molecular weight is 302 g/mol. The van der Waals surface area contributed by atoms with Crippen LogP contribution in [-0.4, -0.2) is 25.8 Å². The monoisotopic (exact) mass is 301 g/mol. The van der Waals surface area contributed by atoms with Gasteiger partial charge in [0.2, 0.25) is 10.0 Å². The summed E-state index contributed by atoms with van der Waals surface area (Å²) < 4.78 is 26.3. The van der Waals surface area contributed by atoms with Gasteiger partial charge in [0, 0.05) is 19.0 Å². The van der Waals surface area contributed by atoms with Crippen LogP contribution in [0.5, 0.6) is 0 Å². The Hall–Kier alpha value is -0.580. The summed E-state index contributed by atoms with van der Waals surface area (Å²) in [4.78, 5) is 0. The van der Waals surface area contributed by atoms with Gasteiger partial charge in [0.25, 0.3) is 0 Å². The lowest BCUT2D eigenvalue weighted by molar-refractivity contribution is 0.375. The van der Waals surface area contributed by atoms with E-state index in [4.69, 9.17) is 11.6 Å². The molecule has 5 heteroatoms. The number of hydrogen-bond acceptors (Lipinski definition) is 2. The van der Waals surface area contributed by atoms with Crippen LogP contribution in [0.3, 0.4) is 0 Å². The zero-order valence-corrected chi connectivity index (χ0v) is 13.0. The molecule has 0 saturated carbocycles. The molecule has 1 aromatic rings. The summed E-state index contributed by atoms with van der Waals surface area (Å²) in [5, 5.41) is 0. The Bertz CT molecular complexity index is 537. The number of benzene rings is 1. The Morgan fingerprint density at radius 3 is 2.26 bits per heavy atom. The number of hydrogen-bond donors (Lipinski definition) is 0. The van der Waals surface area contributed by atoms with Gasteiger partial charge in [0.1, 0.15) is 0 Å². The summed E-state index contributed by atoms with van der Waals surface area (Å²) in [7, 11) is -3.20. The van der Waals surface area contributed by atoms with E-state index in [0.717, 1.165) is 17.5 Å². The van der Waals surface area contributed by atoms with Gasteiger partial charge in [-0.25, -0.2) is 12.7 Å². The smallest absolute Gasteiger partial charge is 0.212 e. The Morgan fingerprint density at radius 2 is 1.79 bits per heavy atom. The first-order chi connectivity index (χ1) is 8.82. The van der Waals surface area contributed by atoms with Crippen LogP contribution in [0.2, 0.25) is 0 Å². The van der Waals surface area contributed by atoms with Crippen LogP contribution in [0.15, 0.2) is 24.3 Å². The minimum absolute atomic E-state index is 0.0750. The molecule has 2 rings (SSSR count). The zero-order valence-electron chi connectivity index (χ0n) is 11.4. The molecule has 0 aromatic heterocycles. The van der Waals surface area contributed by atoms with Crippen molar-refractivity contribution in [2.45, 2.75) is 31.9 Å². The van der Waals surface area contributed by atoms with Crippen molar-refractivity contribution in [1.29, 1.82) is 0 Å². The second kappa shape index (κ2) is 5.43. The predicted molar refractivity (Wildman–Crippen MR) is 78.6 cm³/mol. The molecule has 1 aliphatic rings. The van der Waals surface area contributed by atoms with Crippen LogP contribution in [-0.2, 0) is 21.7 Å². The second-order valence-corrected chi connectivity index (χ2v) is 8.19. The quantitative estimate of drug-likeness (QED) is 0.802. The standard InChI is InChI=1S/C14H20ClNO2S/c1-14(2)7-8-16(11-14)19(17,18)10-13-5-3-12(9-15)4-6-13/h3-6H,7-11H2,1-2H3. The van der Waals surface area contributed by atoms with Crippen LogP contribution in [0.4, 0.5) is 0 Å². The minimum atomic E-state index is -3.20. The fourth-order valence-corrected chi connectivity index (χ4v) is 4.22. The van der Waals surface area contributed by atoms with Gasteiger partial charge in [-0.05, 0) is 23.0 Å². The Morgan fingerprint density at radius 1 is 1.21 bits per heavy atom. The van der Waals surface area contributed by atoms with Crippen LogP contribution in [0, 0.1) is 5.41 Å². The first-order valence-electron chi connectivity index (χ1n) is 6.44. The van der Waals surface area contributed by atoms with Gasteiger partial charge in [-0.2, -0.15) is 0 Å². The van der Waals surface area contributed by atoms with Gasteiger partial charge in [-0.15, -0.1) is 11.6 Å². The van der Waals surface area contributed by atoms with Crippen molar-refractivity contribution in [2.24, 2.45) is 5.41 Å². The lowest BCUT2D eigenvalue weighted by atomic mass is 9.93. The second-order valence-electron chi connectivity index (χ2n) is 5.95. The molecule has 0 unspecified atom stereocenters. The summed E-state index contributed by atoms with van der Waals surface area (Å²) in [5.41, 5.74) is 1.92. The third kappa shape index (κ3) is 3.71. The molecule has 0 N–H and O–H groups in total. The Balaban J connectivity index is 2.08. The highest BCUT2D eigenvalue weighted by molar-refractivity contribution is 7.88. The molecule has 1 heterocycles. The molecular formula is C14H20ClNO2S. The van der Waals surface area contributed by atoms with Gasteiger partial charge in [0.15, 0.2) is 0 Å². The van der Waals surface area contributed by atoms with Gasteiger partial charge in [0.05, 0.1) is 5.75 Å². The molecule has 1 fully saturated rings. The van der Waals surface area contributed by atoms with Crippen LogP contribution in [0.25, 0.3) is 0 Å². The van der Waals surface area contributed by atoms with Crippen molar-refractivity contribution >= 4 is 21.6 Å². The van der Waals surface area contributed by atoms with E-state index < -0.39 is 10.0 Å². The first kappa shape index (κ1) is 14.8. The molecule has 0 bridgehead atoms. The van der Waals surface area contributed by atoms with E-state index in [-0.39, 0.29) is 11.2 Å². The van der Waals surface area contributed by atoms with E-state index in [9.17, 15) is 8.42 Å². The van der Waals surface area contributed by atoms with Crippen LogP contribution < -0.4 is 0 Å². The van der Waals surface area contributed by atoms with Crippen molar-refractivity contribution in [1.82, 2.24) is 4.31 Å². The van der Waals surface area contributed by atoms with E-state index in [1.54, 1.807) is 4.31 Å². The van der Waals surface area contributed by atoms with E-state index >= 15 is 0 Å². The zero-order chi connectivity index (χ0) is 14.1. The maximum atomic E-state index is 12.3. The molecule has 0 radical (unpaired) electrons. The van der Waals surface area contributed by atoms with Crippen LogP contribution >= 0.6 is 11.6 Å². The highest BCUT2D eigenvalue weighted by atomic mass is 35.5. The van der Waals surface area contributed by atoms with Crippen LogP contribution in [0.1, 0.15) is 31.4 Å². The largest absolute Gasteiger partial charge is 0.218 e. The van der Waals surface area contributed by atoms with Gasteiger partial charge < -0.3 is 0 Å². The van der Waals surface area contributed by atoms with E-state index in [0.29, 0.717) is 19.0 Å². The van der Waals surface area contributed by atoms with E-state index in [1.807, 2.05) is 24.3 Å². The highest BCUT2D eigenvalue weighted by Gasteiger charge is 2.35. The van der Waals surface area contributed by atoms with E-state index in [1.165, 1.54) is 0 Å². The Kier molecular flexibility index (Phi) is 4.23. The highest BCUT2D eigenvalue weighted by Crippen LogP contribution is 2.31. The van der Waals surface area contributed by atoms with Crippen molar-refractivity contribution in [2.75, 3.05) is 13.1 Å². The molecule has 3 nitrogen and oxygen atoms in total. The predicted octanol–water partition coefficient (Wildman–Crippen LogP) is 2.99. The SMILES string of the molecule is CC1(C)CCN(S(=O)(=O)Cc2ccc(CCl)cc2)C1. The maximum Gasteiger partial charge on any atom is 0.218 e. The number of alkyl halides is 1. The molecule has 0 spiro atoms. The first-order valence-corrected chi connectivity index (χ1v) is 8.58. The summed E-state index contributed by atoms with van der Waals surface area (Å²) in [6, 6.07) is 7.45. The fraction of sp³-hybridized carbons (Fsp3) is 0.571. The summed E-state index contributed by atoms with van der Waals surface area (Å²) in [5.74, 6) is 0.527. The number of sulfonamides is 1. The van der Waals surface area contributed by atoms with Gasteiger partial charge in [-0.3, -0.25) is 0 Å². The molecule has 0 amide bonds. The molecule has 0 atom stereocenters. The third-order valence-corrected chi connectivity index (χ3v) is 5.67. The number of nitrogens with zero attached hydrogens (tertiary/aromatic N) is 1. The lowest BCUT2D eigenvalue weighted by Gasteiger charge is -2.19. The topological polar surface area (TPSA) is 37.4 Å². The molecule has 1 aliphatic heterocycles. The van der Waals surface area contributed by atoms with Crippen molar-refractivity contribution in [3.05, 3.63) is 35.4 Å². The van der Waals surface area contributed by atoms with E-state index in [2.05, 4.69) is 13.8 Å². The maximum absolute atomic E-state index is 12.3. The van der Waals surface area contributed by atoms with Crippen molar-refractivity contribution < 1.29 is 8.42 Å². The molecule has 1 saturated heterocycles. The van der Waals surface area contributed by atoms with Gasteiger partial charge in [-0.1, -0.05) is 38.1 Å². The minimum Gasteiger partial charge on any atom is -0.212 e. The van der Waals surface area contributed by atoms with Gasteiger partial charge >= 0.3 is 0 Å². The fourth-order valence-electron chi connectivity index (χ4n) is 2.33. The van der Waals surface area contributed by atoms with Crippen molar-refractivity contribution in [3.8, 4) is 0 Å². The normalized spacial score (nSPS) is 19.7. The lowest BCUT2D eigenvalue weighted by Crippen LogP contribution is -2.31. The Labute approximate surface area is 120 Å². The number of halogens is 1. The van der Waals surface area contributed by atoms with Crippen molar-refractivity contribution in [3.63, 3.8) is 0 Å². The average Bonchev–Trinajstić information content (AvgIpc) is 2.71. The number of rotatable bonds is 4. The molecule has 106 valence electrons. The summed E-state index contributed by atoms with van der Waals surface area (Å²) in [6.45, 7) is 5.47. The summed E-state index contributed by atoms with van der Waals surface area (Å²) >= 11 is 5.72. The third-order valence-electron chi connectivity index (χ3n) is 3.56. The molecular weight excluding hydrogens is 282 g/mol. The summed E-state index contributed by atoms with van der Waals surface area (Å²) in [6.07, 6.45) is 0.928.